The molecule has 1 saturated heterocycles. The number of carbonyl (C=O) groups is 1. The molecule has 0 spiro atoms. The van der Waals surface area contributed by atoms with E-state index in [4.69, 9.17) is 9.47 Å². The van der Waals surface area contributed by atoms with Gasteiger partial charge in [0.05, 0.1) is 38.1 Å². The standard InChI is InChI=1S/C18H31N5O3S/c1-5-19-18(20-7-8-23-9-11-25-12-10-23)22-14(4)16-21-13(3)15(27-16)17(24)26-6-2/h14H,5-12H2,1-4H3,(H2,19,20,22). The lowest BCUT2D eigenvalue weighted by molar-refractivity contribution is 0.0394. The number of nitrogens with zero attached hydrogens (tertiary/aromatic N) is 3. The molecule has 9 heteroatoms. The molecule has 0 radical (unpaired) electrons. The molecule has 152 valence electrons. The van der Waals surface area contributed by atoms with Crippen LogP contribution in [0.2, 0.25) is 0 Å². The van der Waals surface area contributed by atoms with Crippen LogP contribution < -0.4 is 10.6 Å². The molecule has 1 aromatic rings. The third kappa shape index (κ3) is 6.75. The molecule has 27 heavy (non-hydrogen) atoms. The predicted octanol–water partition coefficient (Wildman–Crippen LogP) is 1.58. The van der Waals surface area contributed by atoms with Crippen molar-refractivity contribution in [3.63, 3.8) is 0 Å². The molecule has 1 atom stereocenters. The quantitative estimate of drug-likeness (QED) is 0.391. The van der Waals surface area contributed by atoms with Gasteiger partial charge < -0.3 is 20.1 Å². The van der Waals surface area contributed by atoms with Crippen molar-refractivity contribution in [3.05, 3.63) is 15.6 Å². The number of ether oxygens (including phenoxy) is 2. The van der Waals surface area contributed by atoms with Crippen LogP contribution in [-0.2, 0) is 9.47 Å². The second-order valence-corrected chi connectivity index (χ2v) is 7.30. The first-order valence-corrected chi connectivity index (χ1v) is 10.4. The minimum atomic E-state index is -0.308. The van der Waals surface area contributed by atoms with E-state index in [0.717, 1.165) is 50.4 Å². The van der Waals surface area contributed by atoms with Gasteiger partial charge in [-0.2, -0.15) is 0 Å². The van der Waals surface area contributed by atoms with E-state index in [9.17, 15) is 4.79 Å². The zero-order chi connectivity index (χ0) is 19.6. The molecule has 0 bridgehead atoms. The van der Waals surface area contributed by atoms with E-state index in [1.165, 1.54) is 11.3 Å². The number of carbonyl (C=O) groups excluding carboxylic acids is 1. The second-order valence-electron chi connectivity index (χ2n) is 6.27. The SMILES string of the molecule is CCNC(=NCCN1CCOCC1)NC(C)c1nc(C)c(C(=O)OCC)s1. The Morgan fingerprint density at radius 1 is 1.41 bits per heavy atom. The highest BCUT2D eigenvalue weighted by Gasteiger charge is 2.20. The van der Waals surface area contributed by atoms with E-state index in [1.54, 1.807) is 6.92 Å². The Bertz CT molecular complexity index is 629. The summed E-state index contributed by atoms with van der Waals surface area (Å²) in [5.74, 6) is 0.445. The van der Waals surface area contributed by atoms with Gasteiger partial charge in [-0.15, -0.1) is 11.3 Å². The van der Waals surface area contributed by atoms with Crippen LogP contribution in [0.4, 0.5) is 0 Å². The maximum Gasteiger partial charge on any atom is 0.350 e. The molecule has 1 fully saturated rings. The molecule has 0 saturated carbocycles. The van der Waals surface area contributed by atoms with Crippen molar-refractivity contribution < 1.29 is 14.3 Å². The largest absolute Gasteiger partial charge is 0.462 e. The number of aromatic nitrogens is 1. The predicted molar refractivity (Wildman–Crippen MR) is 108 cm³/mol. The lowest BCUT2D eigenvalue weighted by atomic mass is 10.3. The Labute approximate surface area is 165 Å². The third-order valence-corrected chi connectivity index (χ3v) is 5.45. The lowest BCUT2D eigenvalue weighted by Gasteiger charge is -2.26. The zero-order valence-corrected chi connectivity index (χ0v) is 17.5. The van der Waals surface area contributed by atoms with Crippen LogP contribution in [0, 0.1) is 6.92 Å². The summed E-state index contributed by atoms with van der Waals surface area (Å²) in [6.07, 6.45) is 0. The summed E-state index contributed by atoms with van der Waals surface area (Å²) in [6.45, 7) is 14.0. The van der Waals surface area contributed by atoms with Gasteiger partial charge in [0.25, 0.3) is 0 Å². The molecular formula is C18H31N5O3S. The highest BCUT2D eigenvalue weighted by Crippen LogP contribution is 2.24. The average molecular weight is 398 g/mol. The Hall–Kier alpha value is -1.71. The van der Waals surface area contributed by atoms with Crippen LogP contribution in [0.5, 0.6) is 0 Å². The van der Waals surface area contributed by atoms with Crippen LogP contribution in [-0.4, -0.2) is 74.4 Å². The molecule has 0 aromatic carbocycles. The molecule has 2 rings (SSSR count). The van der Waals surface area contributed by atoms with Gasteiger partial charge in [0.2, 0.25) is 0 Å². The topological polar surface area (TPSA) is 88.1 Å². The summed E-state index contributed by atoms with van der Waals surface area (Å²) in [5, 5.41) is 7.48. The fraction of sp³-hybridized carbons (Fsp3) is 0.722. The van der Waals surface area contributed by atoms with Gasteiger partial charge in [0, 0.05) is 26.2 Å². The Morgan fingerprint density at radius 2 is 2.15 bits per heavy atom. The minimum Gasteiger partial charge on any atom is -0.462 e. The highest BCUT2D eigenvalue weighted by molar-refractivity contribution is 7.13. The van der Waals surface area contributed by atoms with E-state index in [2.05, 4.69) is 25.5 Å². The number of aryl methyl sites for hydroxylation is 1. The number of hydrogen-bond acceptors (Lipinski definition) is 7. The molecule has 1 unspecified atom stereocenters. The van der Waals surface area contributed by atoms with Gasteiger partial charge in [-0.1, -0.05) is 0 Å². The number of morpholine rings is 1. The van der Waals surface area contributed by atoms with Crippen molar-refractivity contribution in [2.45, 2.75) is 33.7 Å². The molecule has 0 aliphatic carbocycles. The van der Waals surface area contributed by atoms with E-state index in [0.29, 0.717) is 23.7 Å². The van der Waals surface area contributed by atoms with Crippen molar-refractivity contribution in [1.82, 2.24) is 20.5 Å². The van der Waals surface area contributed by atoms with Crippen LogP contribution >= 0.6 is 11.3 Å². The van der Waals surface area contributed by atoms with Crippen LogP contribution in [0.1, 0.15) is 47.2 Å². The molecule has 1 aromatic heterocycles. The first-order chi connectivity index (χ1) is 13.0. The normalized spacial score (nSPS) is 16.8. The minimum absolute atomic E-state index is 0.0573. The maximum absolute atomic E-state index is 12.0. The van der Waals surface area contributed by atoms with Crippen molar-refractivity contribution >= 4 is 23.3 Å². The van der Waals surface area contributed by atoms with E-state index < -0.39 is 0 Å². The van der Waals surface area contributed by atoms with E-state index >= 15 is 0 Å². The van der Waals surface area contributed by atoms with E-state index in [-0.39, 0.29) is 12.0 Å². The molecule has 0 amide bonds. The van der Waals surface area contributed by atoms with Gasteiger partial charge in [0.15, 0.2) is 5.96 Å². The number of aliphatic imine (C=N–C) groups is 1. The smallest absolute Gasteiger partial charge is 0.350 e. The highest BCUT2D eigenvalue weighted by atomic mass is 32.1. The van der Waals surface area contributed by atoms with Gasteiger partial charge in [-0.25, -0.2) is 9.78 Å². The van der Waals surface area contributed by atoms with Gasteiger partial charge >= 0.3 is 5.97 Å². The Morgan fingerprint density at radius 3 is 2.81 bits per heavy atom. The summed E-state index contributed by atoms with van der Waals surface area (Å²) in [5.41, 5.74) is 0.705. The molecule has 2 heterocycles. The third-order valence-electron chi connectivity index (χ3n) is 4.13. The molecule has 1 aliphatic heterocycles. The molecule has 1 aliphatic rings. The number of esters is 1. The van der Waals surface area contributed by atoms with Crippen molar-refractivity contribution in [3.8, 4) is 0 Å². The van der Waals surface area contributed by atoms with Crippen molar-refractivity contribution in [1.29, 1.82) is 0 Å². The first-order valence-electron chi connectivity index (χ1n) is 9.54. The van der Waals surface area contributed by atoms with Crippen LogP contribution in [0.15, 0.2) is 4.99 Å². The number of thiazole rings is 1. The Kier molecular flexibility index (Phi) is 8.96. The van der Waals surface area contributed by atoms with Crippen molar-refractivity contribution in [2.24, 2.45) is 4.99 Å². The fourth-order valence-electron chi connectivity index (χ4n) is 2.70. The van der Waals surface area contributed by atoms with E-state index in [1.807, 2.05) is 20.8 Å². The summed E-state index contributed by atoms with van der Waals surface area (Å²) >= 11 is 1.37. The second kappa shape index (κ2) is 11.2. The average Bonchev–Trinajstić information content (AvgIpc) is 3.05. The summed E-state index contributed by atoms with van der Waals surface area (Å²) in [6, 6.07) is -0.0573. The van der Waals surface area contributed by atoms with Crippen LogP contribution in [0.25, 0.3) is 0 Å². The lowest BCUT2D eigenvalue weighted by Crippen LogP contribution is -2.40. The van der Waals surface area contributed by atoms with Crippen LogP contribution in [0.3, 0.4) is 0 Å². The number of rotatable bonds is 8. The fourth-order valence-corrected chi connectivity index (χ4v) is 3.67. The van der Waals surface area contributed by atoms with Gasteiger partial charge in [-0.05, 0) is 27.7 Å². The summed E-state index contributed by atoms with van der Waals surface area (Å²) < 4.78 is 10.5. The Balaban J connectivity index is 1.95. The summed E-state index contributed by atoms with van der Waals surface area (Å²) in [7, 11) is 0. The first kappa shape index (κ1) is 21.6. The molecule has 2 N–H and O–H groups in total. The van der Waals surface area contributed by atoms with Gasteiger partial charge in [0.1, 0.15) is 9.88 Å². The molecular weight excluding hydrogens is 366 g/mol. The van der Waals surface area contributed by atoms with Gasteiger partial charge in [-0.3, -0.25) is 9.89 Å². The number of nitrogens with one attached hydrogen (secondary N) is 2. The number of hydrogen-bond donors (Lipinski definition) is 2. The number of guanidine groups is 1. The zero-order valence-electron chi connectivity index (χ0n) is 16.7. The maximum atomic E-state index is 12.0. The summed E-state index contributed by atoms with van der Waals surface area (Å²) in [4.78, 5) is 24.1. The van der Waals surface area contributed by atoms with Crippen molar-refractivity contribution in [2.75, 3.05) is 52.5 Å². The molecule has 8 nitrogen and oxygen atoms in total. The monoisotopic (exact) mass is 397 g/mol.